The second-order valence-corrected chi connectivity index (χ2v) is 6.03. The third kappa shape index (κ3) is 3.79. The van der Waals surface area contributed by atoms with E-state index < -0.39 is 16.6 Å². The van der Waals surface area contributed by atoms with E-state index in [-0.39, 0.29) is 17.3 Å². The molecule has 0 spiro atoms. The first-order valence-electron chi connectivity index (χ1n) is 8.19. The number of nitrogens with zero attached hydrogens (tertiary/aromatic N) is 3. The molecule has 0 atom stereocenters. The van der Waals surface area contributed by atoms with Gasteiger partial charge >= 0.3 is 0 Å². The van der Waals surface area contributed by atoms with Crippen LogP contribution in [0.4, 0.5) is 20.2 Å². The largest absolute Gasteiger partial charge is 0.364 e. The highest BCUT2D eigenvalue weighted by Crippen LogP contribution is 2.29. The zero-order valence-corrected chi connectivity index (χ0v) is 13.9. The van der Waals surface area contributed by atoms with Gasteiger partial charge in [0.25, 0.3) is 11.6 Å². The summed E-state index contributed by atoms with van der Waals surface area (Å²) in [5.41, 5.74) is 0.437. The van der Waals surface area contributed by atoms with E-state index in [2.05, 4.69) is 0 Å². The fourth-order valence-electron chi connectivity index (χ4n) is 3.04. The molecule has 1 aliphatic rings. The molecular weight excluding hydrogens is 344 g/mol. The molecular formula is C18H17F2N3O3. The first kappa shape index (κ1) is 17.8. The molecule has 1 saturated heterocycles. The minimum Gasteiger partial charge on any atom is -0.364 e. The Hall–Kier alpha value is -3.03. The van der Waals surface area contributed by atoms with E-state index in [1.54, 1.807) is 9.80 Å². The number of rotatable bonds is 3. The summed E-state index contributed by atoms with van der Waals surface area (Å²) in [6.07, 6.45) is 0.584. The van der Waals surface area contributed by atoms with Gasteiger partial charge in [-0.05, 0) is 36.8 Å². The van der Waals surface area contributed by atoms with Gasteiger partial charge in [0.2, 0.25) is 0 Å². The molecule has 0 unspecified atom stereocenters. The highest BCUT2D eigenvalue weighted by Gasteiger charge is 2.25. The second kappa shape index (κ2) is 7.47. The van der Waals surface area contributed by atoms with Gasteiger partial charge in [-0.25, -0.2) is 8.78 Å². The van der Waals surface area contributed by atoms with Crippen molar-refractivity contribution in [2.24, 2.45) is 0 Å². The summed E-state index contributed by atoms with van der Waals surface area (Å²) in [7, 11) is 0. The molecule has 1 aliphatic heterocycles. The van der Waals surface area contributed by atoms with Crippen LogP contribution < -0.4 is 4.90 Å². The number of anilines is 1. The normalized spacial score (nSPS) is 14.8. The van der Waals surface area contributed by atoms with Crippen molar-refractivity contribution in [3.05, 3.63) is 69.8 Å². The molecule has 1 amide bonds. The van der Waals surface area contributed by atoms with Crippen LogP contribution in [0, 0.1) is 21.7 Å². The lowest BCUT2D eigenvalue weighted by Gasteiger charge is -2.23. The molecule has 6 nitrogen and oxygen atoms in total. The van der Waals surface area contributed by atoms with Crippen LogP contribution in [0.25, 0.3) is 0 Å². The minimum absolute atomic E-state index is 0.162. The molecule has 0 N–H and O–H groups in total. The molecule has 0 bridgehead atoms. The minimum atomic E-state index is -0.547. The van der Waals surface area contributed by atoms with Crippen molar-refractivity contribution >= 4 is 17.3 Å². The van der Waals surface area contributed by atoms with E-state index in [9.17, 15) is 23.7 Å². The Morgan fingerprint density at radius 1 is 0.962 bits per heavy atom. The van der Waals surface area contributed by atoms with Gasteiger partial charge in [0.05, 0.1) is 4.92 Å². The predicted molar refractivity (Wildman–Crippen MR) is 92.2 cm³/mol. The van der Waals surface area contributed by atoms with E-state index in [4.69, 9.17) is 0 Å². The maximum Gasteiger partial charge on any atom is 0.292 e. The summed E-state index contributed by atoms with van der Waals surface area (Å²) < 4.78 is 26.6. The quantitative estimate of drug-likeness (QED) is 0.622. The van der Waals surface area contributed by atoms with E-state index >= 15 is 0 Å². The molecule has 2 aromatic rings. The molecule has 0 saturated carbocycles. The number of carbonyl (C=O) groups is 1. The van der Waals surface area contributed by atoms with Crippen LogP contribution in [0.1, 0.15) is 16.8 Å². The van der Waals surface area contributed by atoms with Gasteiger partial charge < -0.3 is 9.80 Å². The van der Waals surface area contributed by atoms with Crippen LogP contribution >= 0.6 is 0 Å². The van der Waals surface area contributed by atoms with Crippen molar-refractivity contribution in [3.63, 3.8) is 0 Å². The Labute approximate surface area is 148 Å². The highest BCUT2D eigenvalue weighted by atomic mass is 19.1. The van der Waals surface area contributed by atoms with Crippen LogP contribution in [0.15, 0.2) is 42.5 Å². The Morgan fingerprint density at radius 3 is 2.35 bits per heavy atom. The monoisotopic (exact) mass is 361 g/mol. The zero-order chi connectivity index (χ0) is 18.7. The molecule has 2 aromatic carbocycles. The molecule has 3 rings (SSSR count). The number of nitro groups is 1. The lowest BCUT2D eigenvalue weighted by Crippen LogP contribution is -2.35. The molecule has 26 heavy (non-hydrogen) atoms. The summed E-state index contributed by atoms with van der Waals surface area (Å²) in [5.74, 6) is -1.18. The lowest BCUT2D eigenvalue weighted by molar-refractivity contribution is -0.384. The fourth-order valence-corrected chi connectivity index (χ4v) is 3.04. The first-order valence-corrected chi connectivity index (χ1v) is 8.19. The lowest BCUT2D eigenvalue weighted by atomic mass is 10.2. The number of hydrogen-bond donors (Lipinski definition) is 0. The van der Waals surface area contributed by atoms with Gasteiger partial charge in [-0.3, -0.25) is 14.9 Å². The van der Waals surface area contributed by atoms with Crippen molar-refractivity contribution < 1.29 is 18.5 Å². The Balaban J connectivity index is 1.76. The first-order chi connectivity index (χ1) is 12.5. The van der Waals surface area contributed by atoms with E-state index in [1.807, 2.05) is 0 Å². The van der Waals surface area contributed by atoms with Crippen LogP contribution in [0.2, 0.25) is 0 Å². The van der Waals surface area contributed by atoms with Crippen molar-refractivity contribution in [2.45, 2.75) is 6.42 Å². The van der Waals surface area contributed by atoms with Gasteiger partial charge in [-0.15, -0.1) is 0 Å². The Kier molecular flexibility index (Phi) is 5.11. The molecule has 0 aliphatic carbocycles. The number of amides is 1. The van der Waals surface area contributed by atoms with E-state index in [0.29, 0.717) is 38.2 Å². The van der Waals surface area contributed by atoms with Crippen LogP contribution in [-0.2, 0) is 0 Å². The average molecular weight is 361 g/mol. The van der Waals surface area contributed by atoms with Gasteiger partial charge in [0.1, 0.15) is 17.3 Å². The fraction of sp³-hybridized carbons (Fsp3) is 0.278. The average Bonchev–Trinajstić information content (AvgIpc) is 2.87. The molecule has 1 heterocycles. The maximum atomic E-state index is 13.6. The van der Waals surface area contributed by atoms with Crippen LogP contribution in [0.3, 0.4) is 0 Å². The van der Waals surface area contributed by atoms with Gasteiger partial charge in [-0.2, -0.15) is 0 Å². The number of hydrogen-bond acceptors (Lipinski definition) is 4. The SMILES string of the molecule is O=C(c1ccc(F)cc1)N1CCCN(c2cc(F)ccc2[N+](=O)[O-])CC1. The third-order valence-corrected chi connectivity index (χ3v) is 4.35. The zero-order valence-electron chi connectivity index (χ0n) is 13.9. The Morgan fingerprint density at radius 2 is 1.65 bits per heavy atom. The van der Waals surface area contributed by atoms with Gasteiger partial charge in [0, 0.05) is 43.9 Å². The maximum absolute atomic E-state index is 13.6. The second-order valence-electron chi connectivity index (χ2n) is 6.03. The topological polar surface area (TPSA) is 66.7 Å². The van der Waals surface area contributed by atoms with Crippen LogP contribution in [-0.4, -0.2) is 41.9 Å². The van der Waals surface area contributed by atoms with Crippen molar-refractivity contribution in [3.8, 4) is 0 Å². The third-order valence-electron chi connectivity index (χ3n) is 4.35. The molecule has 136 valence electrons. The molecule has 0 radical (unpaired) electrons. The van der Waals surface area contributed by atoms with Crippen molar-refractivity contribution in [2.75, 3.05) is 31.1 Å². The molecule has 0 aromatic heterocycles. The van der Waals surface area contributed by atoms with Crippen molar-refractivity contribution in [1.29, 1.82) is 0 Å². The summed E-state index contributed by atoms with van der Waals surface area (Å²) >= 11 is 0. The number of halogens is 2. The predicted octanol–water partition coefficient (Wildman–Crippen LogP) is 3.23. The summed E-state index contributed by atoms with van der Waals surface area (Å²) in [6.45, 7) is 1.62. The molecule has 8 heteroatoms. The smallest absolute Gasteiger partial charge is 0.292 e. The van der Waals surface area contributed by atoms with Crippen LogP contribution in [0.5, 0.6) is 0 Å². The molecule has 1 fully saturated rings. The van der Waals surface area contributed by atoms with Gasteiger partial charge in [0.15, 0.2) is 0 Å². The highest BCUT2D eigenvalue weighted by molar-refractivity contribution is 5.94. The van der Waals surface area contributed by atoms with E-state index in [0.717, 1.165) is 18.2 Å². The number of carbonyl (C=O) groups excluding carboxylic acids is 1. The number of benzene rings is 2. The summed E-state index contributed by atoms with van der Waals surface area (Å²) in [4.78, 5) is 26.6. The van der Waals surface area contributed by atoms with E-state index in [1.165, 1.54) is 24.3 Å². The van der Waals surface area contributed by atoms with Crippen molar-refractivity contribution in [1.82, 2.24) is 4.90 Å². The Bertz CT molecular complexity index is 827. The van der Waals surface area contributed by atoms with Gasteiger partial charge in [-0.1, -0.05) is 0 Å². The number of nitro benzene ring substituents is 1. The standard InChI is InChI=1S/C18H17F2N3O3/c19-14-4-2-13(3-5-14)18(24)22-9-1-8-21(10-11-22)17-12-15(20)6-7-16(17)23(25)26/h2-7,12H,1,8-11H2. The summed E-state index contributed by atoms with van der Waals surface area (Å²) in [6, 6.07) is 8.67. The summed E-state index contributed by atoms with van der Waals surface area (Å²) in [5, 5.41) is 11.2.